The average Bonchev–Trinajstić information content (AvgIpc) is 3.30. The van der Waals surface area contributed by atoms with Gasteiger partial charge in [0.25, 0.3) is 0 Å². The maximum Gasteiger partial charge on any atom is 0.317 e. The zero-order valence-electron chi connectivity index (χ0n) is 19.4. The highest BCUT2D eigenvalue weighted by Gasteiger charge is 2.34. The number of urea groups is 1. The summed E-state index contributed by atoms with van der Waals surface area (Å²) in [6, 6.07) is 14.0. The number of nitrogens with zero attached hydrogens (tertiary/aromatic N) is 1. The molecule has 0 radical (unpaired) electrons. The molecule has 4 rings (SSSR count). The second-order valence-corrected chi connectivity index (χ2v) is 8.94. The quantitative estimate of drug-likeness (QED) is 0.625. The van der Waals surface area contributed by atoms with Gasteiger partial charge in [-0.3, -0.25) is 4.79 Å². The zero-order chi connectivity index (χ0) is 23.2. The van der Waals surface area contributed by atoms with Gasteiger partial charge in [0.2, 0.25) is 12.7 Å². The second kappa shape index (κ2) is 10.6. The number of hydrogen-bond acceptors (Lipinski definition) is 4. The summed E-state index contributed by atoms with van der Waals surface area (Å²) in [5, 5.41) is 6.07. The number of unbranched alkanes of at least 4 members (excludes halogenated alkanes) is 1. The molecule has 1 fully saturated rings. The van der Waals surface area contributed by atoms with Gasteiger partial charge in [-0.15, -0.1) is 0 Å². The van der Waals surface area contributed by atoms with Crippen molar-refractivity contribution >= 4 is 11.9 Å². The first kappa shape index (κ1) is 23.0. The lowest BCUT2D eigenvalue weighted by molar-refractivity contribution is -0.126. The Morgan fingerprint density at radius 2 is 1.91 bits per heavy atom. The number of likely N-dealkylation sites (tertiary alicyclic amines) is 1. The Hall–Kier alpha value is -3.22. The van der Waals surface area contributed by atoms with Gasteiger partial charge in [-0.25, -0.2) is 4.79 Å². The van der Waals surface area contributed by atoms with E-state index in [-0.39, 0.29) is 30.6 Å². The van der Waals surface area contributed by atoms with E-state index in [1.54, 1.807) is 4.90 Å². The van der Waals surface area contributed by atoms with Crippen molar-refractivity contribution in [1.29, 1.82) is 0 Å². The van der Waals surface area contributed by atoms with Crippen LogP contribution in [-0.4, -0.2) is 43.3 Å². The summed E-state index contributed by atoms with van der Waals surface area (Å²) in [5.41, 5.74) is 3.31. The summed E-state index contributed by atoms with van der Waals surface area (Å²) in [5.74, 6) is 1.25. The minimum atomic E-state index is -0.268. The smallest absolute Gasteiger partial charge is 0.317 e. The Kier molecular flexibility index (Phi) is 7.37. The number of aryl methyl sites for hydroxylation is 1. The number of benzene rings is 2. The van der Waals surface area contributed by atoms with Crippen molar-refractivity contribution in [1.82, 2.24) is 15.5 Å². The minimum absolute atomic E-state index is 0.0311. The number of ether oxygens (including phenoxy) is 2. The molecule has 0 saturated carbocycles. The van der Waals surface area contributed by atoms with Crippen LogP contribution in [0.5, 0.6) is 11.5 Å². The molecule has 0 spiro atoms. The van der Waals surface area contributed by atoms with Crippen LogP contribution in [0.1, 0.15) is 48.8 Å². The maximum atomic E-state index is 13.2. The monoisotopic (exact) mass is 451 g/mol. The first-order chi connectivity index (χ1) is 16.0. The predicted octanol–water partition coefficient (Wildman–Crippen LogP) is 3.96. The molecule has 0 aliphatic carbocycles. The maximum absolute atomic E-state index is 13.2. The van der Waals surface area contributed by atoms with E-state index in [9.17, 15) is 9.59 Å². The van der Waals surface area contributed by atoms with E-state index in [0.29, 0.717) is 31.9 Å². The van der Waals surface area contributed by atoms with Crippen LogP contribution >= 0.6 is 0 Å². The molecule has 2 atom stereocenters. The van der Waals surface area contributed by atoms with Crippen LogP contribution in [-0.2, 0) is 11.3 Å². The molecule has 7 nitrogen and oxygen atoms in total. The SMILES string of the molecule is CCCCNC(=O)N1CC(C(=O)NCc2ccc3c(c2)OCO3)CC(c2cccc(C)c2)C1. The number of rotatable bonds is 7. The first-order valence-corrected chi connectivity index (χ1v) is 11.8. The minimum Gasteiger partial charge on any atom is -0.454 e. The van der Waals surface area contributed by atoms with E-state index in [4.69, 9.17) is 9.47 Å². The van der Waals surface area contributed by atoms with Gasteiger partial charge in [0.05, 0.1) is 5.92 Å². The van der Waals surface area contributed by atoms with Crippen LogP contribution in [0.25, 0.3) is 0 Å². The second-order valence-electron chi connectivity index (χ2n) is 8.94. The Morgan fingerprint density at radius 1 is 1.06 bits per heavy atom. The number of carbonyl (C=O) groups is 2. The third kappa shape index (κ3) is 5.78. The fourth-order valence-electron chi connectivity index (χ4n) is 4.49. The highest BCUT2D eigenvalue weighted by atomic mass is 16.7. The van der Waals surface area contributed by atoms with Crippen molar-refractivity contribution < 1.29 is 19.1 Å². The van der Waals surface area contributed by atoms with Gasteiger partial charge < -0.3 is 25.0 Å². The summed E-state index contributed by atoms with van der Waals surface area (Å²) < 4.78 is 10.8. The van der Waals surface area contributed by atoms with Gasteiger partial charge in [-0.05, 0) is 43.0 Å². The normalized spacial score (nSPS) is 19.3. The number of fused-ring (bicyclic) bond motifs is 1. The van der Waals surface area contributed by atoms with Crippen LogP contribution in [0.15, 0.2) is 42.5 Å². The molecule has 3 amide bonds. The molecule has 2 aromatic carbocycles. The topological polar surface area (TPSA) is 79.9 Å². The lowest BCUT2D eigenvalue weighted by Crippen LogP contribution is -2.51. The number of hydrogen-bond donors (Lipinski definition) is 2. The van der Waals surface area contributed by atoms with E-state index in [1.165, 1.54) is 11.1 Å². The van der Waals surface area contributed by atoms with Gasteiger partial charge in [-0.2, -0.15) is 0 Å². The van der Waals surface area contributed by atoms with E-state index in [0.717, 1.165) is 30.6 Å². The van der Waals surface area contributed by atoms with Crippen molar-refractivity contribution in [3.63, 3.8) is 0 Å². The first-order valence-electron chi connectivity index (χ1n) is 11.8. The fourth-order valence-corrected chi connectivity index (χ4v) is 4.49. The third-order valence-electron chi connectivity index (χ3n) is 6.33. The van der Waals surface area contributed by atoms with Crippen LogP contribution < -0.4 is 20.1 Å². The molecule has 2 aromatic rings. The van der Waals surface area contributed by atoms with Gasteiger partial charge >= 0.3 is 6.03 Å². The summed E-state index contributed by atoms with van der Waals surface area (Å²) in [7, 11) is 0. The molecular weight excluding hydrogens is 418 g/mol. The molecule has 176 valence electrons. The lowest BCUT2D eigenvalue weighted by Gasteiger charge is -2.37. The van der Waals surface area contributed by atoms with Crippen LogP contribution in [0.3, 0.4) is 0 Å². The molecule has 2 heterocycles. The summed E-state index contributed by atoms with van der Waals surface area (Å²) in [4.78, 5) is 27.8. The Labute approximate surface area is 195 Å². The number of nitrogens with one attached hydrogen (secondary N) is 2. The van der Waals surface area contributed by atoms with Gasteiger partial charge in [0, 0.05) is 32.1 Å². The Morgan fingerprint density at radius 3 is 2.73 bits per heavy atom. The van der Waals surface area contributed by atoms with Crippen LogP contribution in [0, 0.1) is 12.8 Å². The molecule has 2 unspecified atom stereocenters. The molecule has 2 aliphatic heterocycles. The lowest BCUT2D eigenvalue weighted by atomic mass is 9.83. The third-order valence-corrected chi connectivity index (χ3v) is 6.33. The molecule has 7 heteroatoms. The van der Waals surface area contributed by atoms with E-state index < -0.39 is 0 Å². The standard InChI is InChI=1S/C26H33N3O4/c1-3-4-10-27-26(31)29-15-21(20-7-5-6-18(2)11-20)13-22(16-29)25(30)28-14-19-8-9-23-24(12-19)33-17-32-23/h5-9,11-12,21-22H,3-4,10,13-17H2,1-2H3,(H,27,31)(H,28,30). The summed E-state index contributed by atoms with van der Waals surface area (Å²) >= 11 is 0. The van der Waals surface area contributed by atoms with Crippen molar-refractivity contribution in [2.45, 2.75) is 45.6 Å². The van der Waals surface area contributed by atoms with Crippen molar-refractivity contribution in [3.05, 3.63) is 59.2 Å². The molecule has 2 aliphatic rings. The number of piperidine rings is 1. The molecular formula is C26H33N3O4. The summed E-state index contributed by atoms with van der Waals surface area (Å²) in [6.07, 6.45) is 2.69. The molecule has 1 saturated heterocycles. The molecule has 0 aromatic heterocycles. The Bertz CT molecular complexity index is 993. The highest BCUT2D eigenvalue weighted by Crippen LogP contribution is 2.33. The van der Waals surface area contributed by atoms with Crippen molar-refractivity contribution in [3.8, 4) is 11.5 Å². The summed E-state index contributed by atoms with van der Waals surface area (Å²) in [6.45, 7) is 6.49. The van der Waals surface area contributed by atoms with Crippen molar-refractivity contribution in [2.75, 3.05) is 26.4 Å². The van der Waals surface area contributed by atoms with Gasteiger partial charge in [0.15, 0.2) is 11.5 Å². The fraction of sp³-hybridized carbons (Fsp3) is 0.462. The van der Waals surface area contributed by atoms with Crippen LogP contribution in [0.2, 0.25) is 0 Å². The number of amides is 3. The highest BCUT2D eigenvalue weighted by molar-refractivity contribution is 5.81. The largest absolute Gasteiger partial charge is 0.454 e. The van der Waals surface area contributed by atoms with E-state index in [2.05, 4.69) is 42.7 Å². The number of carbonyl (C=O) groups excluding carboxylic acids is 2. The average molecular weight is 452 g/mol. The predicted molar refractivity (Wildman–Crippen MR) is 126 cm³/mol. The van der Waals surface area contributed by atoms with Crippen molar-refractivity contribution in [2.24, 2.45) is 5.92 Å². The van der Waals surface area contributed by atoms with Gasteiger partial charge in [-0.1, -0.05) is 49.2 Å². The molecule has 33 heavy (non-hydrogen) atoms. The zero-order valence-corrected chi connectivity index (χ0v) is 19.4. The van der Waals surface area contributed by atoms with Gasteiger partial charge in [0.1, 0.15) is 0 Å². The Balaban J connectivity index is 1.43. The van der Waals surface area contributed by atoms with E-state index in [1.807, 2.05) is 24.3 Å². The van der Waals surface area contributed by atoms with Crippen LogP contribution in [0.4, 0.5) is 4.79 Å². The molecule has 0 bridgehead atoms. The molecule has 2 N–H and O–H groups in total. The van der Waals surface area contributed by atoms with E-state index >= 15 is 0 Å².